The van der Waals surface area contributed by atoms with Crippen LogP contribution in [0.2, 0.25) is 0 Å². The Bertz CT molecular complexity index is 1620. The number of ketones is 2. The van der Waals surface area contributed by atoms with Crippen LogP contribution in [-0.4, -0.2) is 85.9 Å². The van der Waals surface area contributed by atoms with Gasteiger partial charge in [0.1, 0.15) is 22.8 Å². The highest BCUT2D eigenvalue weighted by Gasteiger charge is 2.62. The third kappa shape index (κ3) is 3.42. The van der Waals surface area contributed by atoms with E-state index in [0.29, 0.717) is 22.4 Å². The summed E-state index contributed by atoms with van der Waals surface area (Å²) in [5.41, 5.74) is 2.87. The minimum absolute atomic E-state index is 0.0779. The molecule has 202 valence electrons. The second-order valence-electron chi connectivity index (χ2n) is 10.1. The van der Waals surface area contributed by atoms with Crippen LogP contribution in [0.4, 0.5) is 0 Å². The molecule has 12 nitrogen and oxygen atoms in total. The Morgan fingerprint density at radius 1 is 1.15 bits per heavy atom. The molecule has 3 atom stereocenters. The van der Waals surface area contributed by atoms with Crippen LogP contribution < -0.4 is 5.73 Å². The second kappa shape index (κ2) is 8.63. The van der Waals surface area contributed by atoms with Crippen molar-refractivity contribution < 1.29 is 44.1 Å². The average molecular weight is 536 g/mol. The van der Waals surface area contributed by atoms with Gasteiger partial charge >= 0.3 is 0 Å². The van der Waals surface area contributed by atoms with Crippen LogP contribution in [0.15, 0.2) is 40.1 Å². The summed E-state index contributed by atoms with van der Waals surface area (Å²) < 4.78 is 10.8. The standard InChI is InChI=1S/C27H25N3O9/c1-11-8-17(39-29-11)13-2-3-16(31)19-14(13)9-12-10-15-21(30-4-6-38-7-5-30)23(33)20(26(28)36)25(35)27(15,37)24(34)18(12)22(19)32/h2-3,8-9,15,21,31-32,35,37H,4-7,10H2,1H3,(H2,28,36)/t15?,21-,27+/m1/s1. The van der Waals surface area contributed by atoms with Crippen molar-refractivity contribution in [2.45, 2.75) is 25.0 Å². The zero-order valence-corrected chi connectivity index (χ0v) is 20.8. The van der Waals surface area contributed by atoms with E-state index in [0.717, 1.165) is 0 Å². The maximum absolute atomic E-state index is 14.0. The number of hydrogen-bond donors (Lipinski definition) is 5. The smallest absolute Gasteiger partial charge is 0.255 e. The number of rotatable bonds is 3. The molecule has 1 aromatic heterocycles. The van der Waals surface area contributed by atoms with Crippen molar-refractivity contribution in [3.63, 3.8) is 0 Å². The highest BCUT2D eigenvalue weighted by Crippen LogP contribution is 2.51. The van der Waals surface area contributed by atoms with Gasteiger partial charge in [-0.05, 0) is 37.1 Å². The quantitative estimate of drug-likeness (QED) is 0.299. The van der Waals surface area contributed by atoms with Gasteiger partial charge in [-0.15, -0.1) is 0 Å². The molecule has 3 aromatic rings. The van der Waals surface area contributed by atoms with E-state index in [9.17, 15) is 34.8 Å². The molecule has 2 aromatic carbocycles. The summed E-state index contributed by atoms with van der Waals surface area (Å²) in [6.07, 6.45) is -0.129. The monoisotopic (exact) mass is 535 g/mol. The Labute approximate surface area is 220 Å². The van der Waals surface area contributed by atoms with Gasteiger partial charge in [0, 0.05) is 36.0 Å². The van der Waals surface area contributed by atoms with Gasteiger partial charge in [0.2, 0.25) is 5.78 Å². The topological polar surface area (TPSA) is 197 Å². The number of morpholine rings is 1. The second-order valence-corrected chi connectivity index (χ2v) is 10.1. The number of nitrogens with zero attached hydrogens (tertiary/aromatic N) is 2. The highest BCUT2D eigenvalue weighted by atomic mass is 16.5. The summed E-state index contributed by atoms with van der Waals surface area (Å²) in [6, 6.07) is 4.99. The van der Waals surface area contributed by atoms with Crippen LogP contribution in [0.5, 0.6) is 11.5 Å². The van der Waals surface area contributed by atoms with Crippen LogP contribution in [0, 0.1) is 12.8 Å². The molecule has 6 rings (SSSR count). The fourth-order valence-electron chi connectivity index (χ4n) is 6.17. The molecule has 0 spiro atoms. The number of fused-ring (bicyclic) bond motifs is 3. The lowest BCUT2D eigenvalue weighted by atomic mass is 9.61. The van der Waals surface area contributed by atoms with Crippen molar-refractivity contribution in [3.05, 3.63) is 52.4 Å². The van der Waals surface area contributed by atoms with Crippen LogP contribution in [-0.2, 0) is 20.7 Å². The Kier molecular flexibility index (Phi) is 5.54. The van der Waals surface area contributed by atoms with E-state index in [1.165, 1.54) is 6.07 Å². The van der Waals surface area contributed by atoms with Gasteiger partial charge in [0.05, 0.1) is 35.9 Å². The number of aromatic hydroxyl groups is 2. The predicted molar refractivity (Wildman–Crippen MR) is 134 cm³/mol. The molecule has 1 fully saturated rings. The number of nitrogens with two attached hydrogens (primary N) is 1. The van der Waals surface area contributed by atoms with Crippen molar-refractivity contribution in [3.8, 4) is 22.8 Å². The van der Waals surface area contributed by atoms with Crippen LogP contribution in [0.25, 0.3) is 22.1 Å². The molecule has 12 heteroatoms. The van der Waals surface area contributed by atoms with Crippen LogP contribution >= 0.6 is 0 Å². The molecule has 1 amide bonds. The van der Waals surface area contributed by atoms with Crippen molar-refractivity contribution >= 4 is 28.2 Å². The van der Waals surface area contributed by atoms with Crippen molar-refractivity contribution in [2.75, 3.05) is 26.3 Å². The van der Waals surface area contributed by atoms with Gasteiger partial charge in [-0.1, -0.05) is 5.16 Å². The number of aryl methyl sites for hydroxylation is 1. The number of phenols is 2. The Morgan fingerprint density at radius 2 is 1.87 bits per heavy atom. The molecule has 0 radical (unpaired) electrons. The molecule has 2 aliphatic carbocycles. The molecule has 39 heavy (non-hydrogen) atoms. The van der Waals surface area contributed by atoms with Gasteiger partial charge in [-0.25, -0.2) is 0 Å². The summed E-state index contributed by atoms with van der Waals surface area (Å²) in [5.74, 6) is -6.15. The molecular weight excluding hydrogens is 510 g/mol. The number of ether oxygens (including phenoxy) is 1. The number of carbonyl (C=O) groups excluding carboxylic acids is 3. The molecule has 0 bridgehead atoms. The first-order valence-corrected chi connectivity index (χ1v) is 12.4. The fourth-order valence-corrected chi connectivity index (χ4v) is 6.17. The van der Waals surface area contributed by atoms with E-state index in [1.54, 1.807) is 30.0 Å². The minimum atomic E-state index is -2.73. The zero-order valence-electron chi connectivity index (χ0n) is 20.8. The van der Waals surface area contributed by atoms with Gasteiger partial charge in [-0.3, -0.25) is 19.3 Å². The molecule has 2 heterocycles. The SMILES string of the molecule is Cc1cc(-c2ccc(O)c3c(O)c4c(cc23)CC2[C@@H](N3CCOCC3)C(=O)C(C(N)=O)=C(O)[C@@]2(O)C4=O)on1. The Hall–Kier alpha value is -4.26. The largest absolute Gasteiger partial charge is 0.508 e. The maximum Gasteiger partial charge on any atom is 0.255 e. The van der Waals surface area contributed by atoms with Crippen molar-refractivity contribution in [1.29, 1.82) is 0 Å². The predicted octanol–water partition coefficient (Wildman–Crippen LogP) is 0.881. The number of amides is 1. The summed E-state index contributed by atoms with van der Waals surface area (Å²) >= 11 is 0. The number of Topliss-reactive ketones (excluding diaryl/α,β-unsaturated/α-hetero) is 2. The van der Waals surface area contributed by atoms with E-state index >= 15 is 0 Å². The number of primary amides is 1. The maximum atomic E-state index is 14.0. The Morgan fingerprint density at radius 3 is 2.51 bits per heavy atom. The van der Waals surface area contributed by atoms with Crippen molar-refractivity contribution in [2.24, 2.45) is 11.7 Å². The van der Waals surface area contributed by atoms with E-state index in [1.807, 2.05) is 0 Å². The Balaban J connectivity index is 1.61. The lowest BCUT2D eigenvalue weighted by molar-refractivity contribution is -0.136. The number of hydrogen-bond acceptors (Lipinski definition) is 11. The number of aromatic nitrogens is 1. The minimum Gasteiger partial charge on any atom is -0.508 e. The first-order chi connectivity index (χ1) is 18.6. The molecular formula is C27H25N3O9. The lowest BCUT2D eigenvalue weighted by Crippen LogP contribution is -2.66. The number of aliphatic hydroxyl groups excluding tert-OH is 1. The molecule has 6 N–H and O–H groups in total. The number of aliphatic hydroxyl groups is 2. The van der Waals surface area contributed by atoms with E-state index in [-0.39, 0.29) is 55.0 Å². The molecule has 3 aliphatic rings. The molecule has 1 aliphatic heterocycles. The first kappa shape index (κ1) is 25.0. The van der Waals surface area contributed by atoms with Gasteiger partial charge in [-0.2, -0.15) is 0 Å². The average Bonchev–Trinajstić information content (AvgIpc) is 3.32. The normalized spacial score (nSPS) is 25.6. The van der Waals surface area contributed by atoms with E-state index in [4.69, 9.17) is 15.0 Å². The van der Waals surface area contributed by atoms with Crippen LogP contribution in [0.1, 0.15) is 21.6 Å². The van der Waals surface area contributed by atoms with Gasteiger partial charge < -0.3 is 35.4 Å². The first-order valence-electron chi connectivity index (χ1n) is 12.4. The van der Waals surface area contributed by atoms with Gasteiger partial charge in [0.25, 0.3) is 5.91 Å². The lowest BCUT2D eigenvalue weighted by Gasteiger charge is -2.49. The third-order valence-electron chi connectivity index (χ3n) is 7.96. The number of carbonyl (C=O) groups is 3. The summed E-state index contributed by atoms with van der Waals surface area (Å²) in [6.45, 7) is 2.86. The zero-order chi connectivity index (χ0) is 27.8. The highest BCUT2D eigenvalue weighted by molar-refractivity contribution is 6.25. The number of benzene rings is 2. The van der Waals surface area contributed by atoms with Crippen LogP contribution in [0.3, 0.4) is 0 Å². The molecule has 0 saturated carbocycles. The third-order valence-corrected chi connectivity index (χ3v) is 7.96. The summed E-state index contributed by atoms with van der Waals surface area (Å²) in [7, 11) is 0. The van der Waals surface area contributed by atoms with Crippen molar-refractivity contribution in [1.82, 2.24) is 10.1 Å². The molecule has 1 unspecified atom stereocenters. The summed E-state index contributed by atoms with van der Waals surface area (Å²) in [5, 5.41) is 49.0. The van der Waals surface area contributed by atoms with E-state index < -0.39 is 52.1 Å². The number of phenolic OH excluding ortho intramolecular Hbond substituents is 2. The summed E-state index contributed by atoms with van der Waals surface area (Å²) in [4.78, 5) is 41.5. The molecule has 1 saturated heterocycles. The van der Waals surface area contributed by atoms with E-state index in [2.05, 4.69) is 5.16 Å². The fraction of sp³-hybridized carbons (Fsp3) is 0.333. The van der Waals surface area contributed by atoms with Gasteiger partial charge in [0.15, 0.2) is 17.1 Å².